The molecule has 2 aliphatic heterocycles. The van der Waals surface area contributed by atoms with Gasteiger partial charge in [0.25, 0.3) is 5.91 Å². The van der Waals surface area contributed by atoms with Crippen LogP contribution in [0.15, 0.2) is 0 Å². The van der Waals surface area contributed by atoms with Gasteiger partial charge in [0, 0.05) is 51.9 Å². The number of carbonyl (C=O) groups is 1. The third kappa shape index (κ3) is 4.99. The van der Waals surface area contributed by atoms with E-state index in [2.05, 4.69) is 30.6 Å². The Kier molecular flexibility index (Phi) is 6.30. The van der Waals surface area contributed by atoms with Crippen LogP contribution in [0.5, 0.6) is 0 Å². The topological polar surface area (TPSA) is 47.0 Å². The fourth-order valence-corrected chi connectivity index (χ4v) is 5.04. The molecular weight excluding hydrogens is 326 g/mol. The number of rotatable bonds is 4. The van der Waals surface area contributed by atoms with Crippen molar-refractivity contribution in [3.63, 3.8) is 0 Å². The maximum absolute atomic E-state index is 12.9. The first kappa shape index (κ1) is 20.1. The van der Waals surface area contributed by atoms with Crippen LogP contribution in [-0.4, -0.2) is 83.2 Å². The maximum atomic E-state index is 12.9. The Morgan fingerprint density at radius 1 is 1.00 bits per heavy atom. The summed E-state index contributed by atoms with van der Waals surface area (Å²) in [7, 11) is 0. The van der Waals surface area contributed by atoms with E-state index in [1.54, 1.807) is 0 Å². The van der Waals surface area contributed by atoms with Gasteiger partial charge in [-0.25, -0.2) is 0 Å². The summed E-state index contributed by atoms with van der Waals surface area (Å²) >= 11 is 0. The molecule has 5 heteroatoms. The molecule has 0 radical (unpaired) electrons. The zero-order chi connectivity index (χ0) is 18.8. The number of amides is 1. The van der Waals surface area contributed by atoms with Gasteiger partial charge in [-0.3, -0.25) is 14.6 Å². The van der Waals surface area contributed by atoms with Crippen molar-refractivity contribution < 1.29 is 9.90 Å². The summed E-state index contributed by atoms with van der Waals surface area (Å²) in [5.41, 5.74) is -1.12. The molecule has 3 fully saturated rings. The van der Waals surface area contributed by atoms with Crippen LogP contribution in [0.25, 0.3) is 0 Å². The van der Waals surface area contributed by atoms with Crippen molar-refractivity contribution in [2.24, 2.45) is 5.41 Å². The Hall–Kier alpha value is -0.650. The monoisotopic (exact) mass is 365 g/mol. The van der Waals surface area contributed by atoms with Gasteiger partial charge < -0.3 is 10.0 Å². The van der Waals surface area contributed by atoms with E-state index in [1.807, 2.05) is 4.90 Å². The highest BCUT2D eigenvalue weighted by Crippen LogP contribution is 2.28. The zero-order valence-corrected chi connectivity index (χ0v) is 17.2. The van der Waals surface area contributed by atoms with Crippen LogP contribution in [0, 0.1) is 5.41 Å². The average Bonchev–Trinajstić information content (AvgIpc) is 2.59. The summed E-state index contributed by atoms with van der Waals surface area (Å²) in [6.07, 6.45) is 8.37. The number of piperidine rings is 1. The lowest BCUT2D eigenvalue weighted by Gasteiger charge is -2.45. The van der Waals surface area contributed by atoms with Crippen LogP contribution in [0.4, 0.5) is 0 Å². The molecule has 0 aromatic heterocycles. The minimum atomic E-state index is -1.18. The van der Waals surface area contributed by atoms with Gasteiger partial charge in [0.15, 0.2) is 5.60 Å². The smallest absolute Gasteiger partial charge is 0.255 e. The maximum Gasteiger partial charge on any atom is 0.255 e. The van der Waals surface area contributed by atoms with Crippen molar-refractivity contribution in [3.8, 4) is 0 Å². The second-order valence-electron chi connectivity index (χ2n) is 10.0. The second-order valence-corrected chi connectivity index (χ2v) is 10.0. The average molecular weight is 366 g/mol. The molecule has 0 bridgehead atoms. The van der Waals surface area contributed by atoms with Crippen molar-refractivity contribution in [1.29, 1.82) is 0 Å². The highest BCUT2D eigenvalue weighted by molar-refractivity contribution is 5.86. The molecule has 1 N–H and O–H groups in total. The fraction of sp³-hybridized carbons (Fsp3) is 0.952. The van der Waals surface area contributed by atoms with Crippen molar-refractivity contribution in [1.82, 2.24) is 14.7 Å². The molecular formula is C21H39N3O2. The Balaban J connectivity index is 1.52. The number of hydrogen-bond acceptors (Lipinski definition) is 4. The Bertz CT molecular complexity index is 476. The number of piperazine rings is 1. The van der Waals surface area contributed by atoms with E-state index >= 15 is 0 Å². The molecule has 3 rings (SSSR count). The molecule has 1 atom stereocenters. The van der Waals surface area contributed by atoms with Crippen molar-refractivity contribution >= 4 is 5.91 Å². The zero-order valence-electron chi connectivity index (χ0n) is 17.2. The molecule has 1 saturated carbocycles. The van der Waals surface area contributed by atoms with Crippen LogP contribution < -0.4 is 0 Å². The first-order valence-corrected chi connectivity index (χ1v) is 10.8. The van der Waals surface area contributed by atoms with E-state index in [9.17, 15) is 9.90 Å². The quantitative estimate of drug-likeness (QED) is 0.831. The van der Waals surface area contributed by atoms with Crippen LogP contribution in [0.1, 0.15) is 65.7 Å². The Labute approximate surface area is 159 Å². The molecule has 2 heterocycles. The van der Waals surface area contributed by atoms with Gasteiger partial charge in [0.2, 0.25) is 0 Å². The van der Waals surface area contributed by atoms with Crippen LogP contribution in [0.3, 0.4) is 0 Å². The molecule has 2 saturated heterocycles. The lowest BCUT2D eigenvalue weighted by Crippen LogP contribution is -2.61. The number of aliphatic hydroxyl groups is 1. The molecule has 26 heavy (non-hydrogen) atoms. The highest BCUT2D eigenvalue weighted by Gasteiger charge is 2.44. The van der Waals surface area contributed by atoms with E-state index in [4.69, 9.17) is 0 Å². The molecule has 1 aliphatic carbocycles. The van der Waals surface area contributed by atoms with Crippen molar-refractivity contribution in [2.75, 3.05) is 45.8 Å². The second kappa shape index (κ2) is 8.15. The van der Waals surface area contributed by atoms with Crippen molar-refractivity contribution in [2.45, 2.75) is 77.4 Å². The minimum absolute atomic E-state index is 0.0478. The largest absolute Gasteiger partial charge is 0.379 e. The van der Waals surface area contributed by atoms with Gasteiger partial charge in [0.05, 0.1) is 0 Å². The van der Waals surface area contributed by atoms with E-state index in [0.717, 1.165) is 51.7 Å². The first-order valence-electron chi connectivity index (χ1n) is 10.8. The van der Waals surface area contributed by atoms with E-state index in [-0.39, 0.29) is 11.3 Å². The molecule has 0 spiro atoms. The minimum Gasteiger partial charge on any atom is -0.379 e. The molecule has 1 amide bonds. The van der Waals surface area contributed by atoms with Gasteiger partial charge in [-0.2, -0.15) is 0 Å². The summed E-state index contributed by atoms with van der Waals surface area (Å²) in [6.45, 7) is 12.6. The normalized spacial score (nSPS) is 30.8. The van der Waals surface area contributed by atoms with Gasteiger partial charge >= 0.3 is 0 Å². The van der Waals surface area contributed by atoms with Crippen molar-refractivity contribution in [3.05, 3.63) is 0 Å². The van der Waals surface area contributed by atoms with E-state index < -0.39 is 5.60 Å². The molecule has 0 aromatic carbocycles. The van der Waals surface area contributed by atoms with Gasteiger partial charge in [-0.1, -0.05) is 40.0 Å². The SMILES string of the molecule is CC(C)(C)CN1CCC[C@@](O)(CN2CCN(C3CCCCC3)CC2)C1=O. The van der Waals surface area contributed by atoms with E-state index in [0.29, 0.717) is 13.0 Å². The molecule has 150 valence electrons. The highest BCUT2D eigenvalue weighted by atomic mass is 16.3. The molecule has 3 aliphatic rings. The Morgan fingerprint density at radius 3 is 2.27 bits per heavy atom. The molecule has 0 aromatic rings. The summed E-state index contributed by atoms with van der Waals surface area (Å²) in [5.74, 6) is -0.0478. The third-order valence-corrected chi connectivity index (χ3v) is 6.35. The van der Waals surface area contributed by atoms with E-state index in [1.165, 1.54) is 32.1 Å². The number of nitrogens with zero attached hydrogens (tertiary/aromatic N) is 3. The number of β-amino-alcohol motifs (C(OH)–C–C–N with tert-alkyl or cyclic N) is 1. The summed E-state index contributed by atoms with van der Waals surface area (Å²) in [5, 5.41) is 11.1. The predicted molar refractivity (Wildman–Crippen MR) is 105 cm³/mol. The molecule has 5 nitrogen and oxygen atoms in total. The first-order chi connectivity index (χ1) is 12.3. The summed E-state index contributed by atoms with van der Waals surface area (Å²) in [4.78, 5) is 19.8. The lowest BCUT2D eigenvalue weighted by molar-refractivity contribution is -0.161. The molecule has 0 unspecified atom stereocenters. The number of carbonyl (C=O) groups excluding carboxylic acids is 1. The van der Waals surface area contributed by atoms with Gasteiger partial charge in [-0.15, -0.1) is 0 Å². The van der Waals surface area contributed by atoms with Crippen LogP contribution >= 0.6 is 0 Å². The fourth-order valence-electron chi connectivity index (χ4n) is 5.04. The van der Waals surface area contributed by atoms with Gasteiger partial charge in [0.1, 0.15) is 0 Å². The number of hydrogen-bond donors (Lipinski definition) is 1. The Morgan fingerprint density at radius 2 is 1.65 bits per heavy atom. The number of likely N-dealkylation sites (tertiary alicyclic amines) is 1. The predicted octanol–water partition coefficient (Wildman–Crippen LogP) is 2.34. The lowest BCUT2D eigenvalue weighted by atomic mass is 9.88. The standard InChI is InChI=1S/C21H39N3O2/c1-20(2,3)16-24-11-7-10-21(26,19(24)25)17-22-12-14-23(15-13-22)18-8-5-4-6-9-18/h18,26H,4-17H2,1-3H3/t21-/m1/s1. The third-order valence-electron chi connectivity index (χ3n) is 6.35. The van der Waals surface area contributed by atoms with Crippen LogP contribution in [0.2, 0.25) is 0 Å². The summed E-state index contributed by atoms with van der Waals surface area (Å²) < 4.78 is 0. The van der Waals surface area contributed by atoms with Gasteiger partial charge in [-0.05, 0) is 31.1 Å². The van der Waals surface area contributed by atoms with Crippen LogP contribution in [-0.2, 0) is 4.79 Å². The summed E-state index contributed by atoms with van der Waals surface area (Å²) in [6, 6.07) is 0.771.